The Morgan fingerprint density at radius 3 is 1.17 bits per heavy atom. The van der Waals surface area contributed by atoms with Gasteiger partial charge in [-0.3, -0.25) is 34.7 Å². The number of likely N-dealkylation sites (N-methyl/N-ethyl adjacent to an activating group) is 1. The van der Waals surface area contributed by atoms with Gasteiger partial charge in [0.1, 0.15) is 45.7 Å². The lowest BCUT2D eigenvalue weighted by atomic mass is 9.69. The van der Waals surface area contributed by atoms with E-state index in [0.717, 1.165) is 101 Å². The van der Waals surface area contributed by atoms with Crippen molar-refractivity contribution in [2.75, 3.05) is 26.7 Å². The van der Waals surface area contributed by atoms with E-state index < -0.39 is 17.5 Å². The van der Waals surface area contributed by atoms with Crippen molar-refractivity contribution in [2.45, 2.75) is 285 Å². The number of hydrogen-bond acceptors (Lipinski definition) is 14. The fraction of sp³-hybridized carbons (Fsp3) is 0.635. The highest BCUT2D eigenvalue weighted by Gasteiger charge is 2.46. The van der Waals surface area contributed by atoms with Crippen LogP contribution in [0.5, 0.6) is 0 Å². The lowest BCUT2D eigenvalue weighted by Crippen LogP contribution is -2.36. The number of carbonyl (C=O) groups excluding carboxylic acids is 2. The maximum atomic E-state index is 13.5. The number of aromatic nitrogens is 3. The molecular weight excluding hydrogens is 1300 g/mol. The number of rotatable bonds is 32. The molecule has 3 atom stereocenters. The van der Waals surface area contributed by atoms with Gasteiger partial charge in [-0.15, -0.1) is 12.4 Å². The molecule has 16 nitrogen and oxygen atoms in total. The molecule has 0 bridgehead atoms. The number of halogens is 1. The van der Waals surface area contributed by atoms with Gasteiger partial charge in [0.05, 0.1) is 37.8 Å². The SMILES string of the molecule is Cc1ccc(CC(=O)CC(c2noc(C3CC(CC(C)C)C3)c2C2CC2)N(C)CC(=O)OC(C)(C)C)c(C)c1.Cc1ccc(CC(NCC(=O)O)c2noc(C3CC(CC(C)C)C3)c2C2CC2)c(C)c1.Cc1ccc(CC(NCC(=O)O)c2noc(C3CC(CC(C)C)C3)c2C2CC2)c(C)c1.Cl. The molecule has 12 rings (SSSR count). The maximum Gasteiger partial charge on any atom is 0.320 e. The highest BCUT2D eigenvalue weighted by atomic mass is 35.5. The fourth-order valence-electron chi connectivity index (χ4n) is 16.6. The number of aryl methyl sites for hydroxylation is 6. The minimum atomic E-state index is -0.849. The summed E-state index contributed by atoms with van der Waals surface area (Å²) in [6.45, 7) is 31.8. The van der Waals surface area contributed by atoms with Gasteiger partial charge < -0.3 is 28.5 Å². The average Bonchev–Trinajstić information content (AvgIpc) is 1.74. The molecule has 6 aromatic rings. The smallest absolute Gasteiger partial charge is 0.320 e. The third-order valence-electron chi connectivity index (χ3n) is 22.0. The van der Waals surface area contributed by atoms with E-state index in [9.17, 15) is 29.4 Å². The number of hydrogen-bond donors (Lipinski definition) is 4. The Bertz CT molecular complexity index is 3640. The van der Waals surface area contributed by atoms with E-state index in [2.05, 4.69) is 164 Å². The Morgan fingerprint density at radius 2 is 0.853 bits per heavy atom. The van der Waals surface area contributed by atoms with Crippen molar-refractivity contribution in [3.05, 3.63) is 156 Å². The van der Waals surface area contributed by atoms with Crippen molar-refractivity contribution in [3.8, 4) is 0 Å². The Labute approximate surface area is 614 Å². The number of Topliss-reactive ketones (excluding diaryl/α,β-unsaturated/α-hetero) is 1. The van der Waals surface area contributed by atoms with Crippen molar-refractivity contribution >= 4 is 36.1 Å². The number of esters is 1. The summed E-state index contributed by atoms with van der Waals surface area (Å²) in [4.78, 5) is 50.9. The normalized spacial score (nSPS) is 21.0. The molecule has 3 heterocycles. The van der Waals surface area contributed by atoms with Crippen LogP contribution in [0.4, 0.5) is 0 Å². The zero-order valence-corrected chi connectivity index (χ0v) is 65.1. The summed E-state index contributed by atoms with van der Waals surface area (Å²) in [5.41, 5.74) is 16.7. The van der Waals surface area contributed by atoms with Gasteiger partial charge in [0, 0.05) is 47.3 Å². The van der Waals surface area contributed by atoms with Crippen LogP contribution < -0.4 is 10.6 Å². The molecule has 0 spiro atoms. The maximum absolute atomic E-state index is 13.5. The van der Waals surface area contributed by atoms with Crippen molar-refractivity contribution in [1.29, 1.82) is 0 Å². The minimum absolute atomic E-state index is 0. The molecule has 0 amide bonds. The number of aliphatic carboxylic acids is 2. The average molecular weight is 1420 g/mol. The Morgan fingerprint density at radius 1 is 0.520 bits per heavy atom. The number of ether oxygens (including phenoxy) is 1. The number of carboxylic acids is 2. The quantitative estimate of drug-likeness (QED) is 0.0288. The molecular formula is C85H121ClN6O10. The topological polar surface area (TPSA) is 223 Å². The third kappa shape index (κ3) is 21.8. The Balaban J connectivity index is 0.000000179. The van der Waals surface area contributed by atoms with Crippen LogP contribution in [0.15, 0.2) is 68.2 Å². The van der Waals surface area contributed by atoms with E-state index in [1.54, 1.807) is 0 Å². The zero-order chi connectivity index (χ0) is 72.7. The molecule has 6 aliphatic rings. The highest BCUT2D eigenvalue weighted by molar-refractivity contribution is 5.85. The molecule has 3 unspecified atom stereocenters. The van der Waals surface area contributed by atoms with Crippen molar-refractivity contribution < 1.29 is 47.7 Å². The molecule has 6 saturated carbocycles. The first kappa shape index (κ1) is 79.7. The fourth-order valence-corrected chi connectivity index (χ4v) is 16.6. The zero-order valence-electron chi connectivity index (χ0n) is 64.3. The largest absolute Gasteiger partial charge is 0.480 e. The molecule has 558 valence electrons. The summed E-state index contributed by atoms with van der Waals surface area (Å²) >= 11 is 0. The molecule has 17 heteroatoms. The van der Waals surface area contributed by atoms with Crippen LogP contribution in [0.1, 0.15) is 320 Å². The second kappa shape index (κ2) is 35.1. The number of nitrogens with zero attached hydrogens (tertiary/aromatic N) is 4. The van der Waals surface area contributed by atoms with Crippen LogP contribution >= 0.6 is 12.4 Å². The van der Waals surface area contributed by atoms with E-state index in [1.807, 2.05) is 32.7 Å². The molecule has 102 heavy (non-hydrogen) atoms. The second-order valence-electron chi connectivity index (χ2n) is 34.1. The van der Waals surface area contributed by atoms with Gasteiger partial charge >= 0.3 is 17.9 Å². The lowest BCUT2D eigenvalue weighted by molar-refractivity contribution is -0.156. The Kier molecular flexibility index (Phi) is 27.4. The van der Waals surface area contributed by atoms with Gasteiger partial charge in [-0.05, 0) is 265 Å². The predicted molar refractivity (Wildman–Crippen MR) is 404 cm³/mol. The van der Waals surface area contributed by atoms with Gasteiger partial charge in [0.2, 0.25) is 0 Å². The molecule has 4 N–H and O–H groups in total. The molecule has 3 aromatic heterocycles. The van der Waals surface area contributed by atoms with E-state index in [-0.39, 0.29) is 68.3 Å². The van der Waals surface area contributed by atoms with Gasteiger partial charge in [0.25, 0.3) is 0 Å². The molecule has 0 aliphatic heterocycles. The summed E-state index contributed by atoms with van der Waals surface area (Å²) < 4.78 is 23.7. The number of nitrogens with one attached hydrogen (secondary N) is 2. The lowest BCUT2D eigenvalue weighted by Gasteiger charge is -2.35. The number of ketones is 1. The third-order valence-corrected chi connectivity index (χ3v) is 22.0. The van der Waals surface area contributed by atoms with E-state index >= 15 is 0 Å². The summed E-state index contributed by atoms with van der Waals surface area (Å²) in [5, 5.41) is 38.8. The van der Waals surface area contributed by atoms with Crippen LogP contribution in [0.25, 0.3) is 0 Å². The van der Waals surface area contributed by atoms with E-state index in [0.29, 0.717) is 60.7 Å². The van der Waals surface area contributed by atoms with Gasteiger partial charge in [-0.25, -0.2) is 0 Å². The summed E-state index contributed by atoms with van der Waals surface area (Å²) in [5.74, 6) is 8.70. The van der Waals surface area contributed by atoms with Crippen LogP contribution in [0, 0.1) is 77.0 Å². The summed E-state index contributed by atoms with van der Waals surface area (Å²) in [6, 6.07) is 18.5. The van der Waals surface area contributed by atoms with Crippen molar-refractivity contribution in [1.82, 2.24) is 31.0 Å². The van der Waals surface area contributed by atoms with Gasteiger partial charge in [-0.2, -0.15) is 0 Å². The van der Waals surface area contributed by atoms with E-state index in [1.165, 1.54) is 126 Å². The standard InChI is InChI=1S/C33H48N2O4.2C26H36N2O3.ClH/c1-20(2)13-23-15-26(16-23)32-30(24-11-12-24)31(34-39-32)28(35(8)19-29(37)38-33(5,6)7)18-27(36)17-25-10-9-21(3)14-22(25)4;2*1-15(2)9-18-11-21(12-18)26-24(19-7-8-19)25(28-31-26)22(27-14-23(29)30)13-20-6-5-16(3)10-17(20)4;/h9-10,14,20,23-24,26,28H,11-13,15-19H2,1-8H3;2*5-6,10,15,18-19,21-22,27H,7-9,11-14H2,1-4H3,(H,29,30);1H. The van der Waals surface area contributed by atoms with Gasteiger partial charge in [-0.1, -0.05) is 128 Å². The molecule has 0 radical (unpaired) electrons. The summed E-state index contributed by atoms with van der Waals surface area (Å²) in [6.07, 6.45) is 19.9. The Hall–Kier alpha value is -6.46. The first-order valence-corrected chi connectivity index (χ1v) is 38.4. The monoisotopic (exact) mass is 1420 g/mol. The number of carbonyl (C=O) groups is 4. The highest BCUT2D eigenvalue weighted by Crippen LogP contribution is 2.56. The van der Waals surface area contributed by atoms with Gasteiger partial charge in [0.15, 0.2) is 0 Å². The number of carboxylic acid groups (broad SMARTS) is 2. The predicted octanol–water partition coefficient (Wildman–Crippen LogP) is 19.0. The van der Waals surface area contributed by atoms with Crippen LogP contribution in [-0.2, 0) is 43.2 Å². The van der Waals surface area contributed by atoms with E-state index in [4.69, 9.17) is 18.3 Å². The van der Waals surface area contributed by atoms with Crippen LogP contribution in [0.3, 0.4) is 0 Å². The first-order valence-electron chi connectivity index (χ1n) is 38.4. The second-order valence-corrected chi connectivity index (χ2v) is 34.1. The van der Waals surface area contributed by atoms with Crippen LogP contribution in [-0.4, -0.2) is 86.6 Å². The molecule has 6 fully saturated rings. The summed E-state index contributed by atoms with van der Waals surface area (Å²) in [7, 11) is 1.89. The number of benzene rings is 3. The molecule has 3 aromatic carbocycles. The van der Waals surface area contributed by atoms with Crippen LogP contribution in [0.2, 0.25) is 0 Å². The molecule has 0 saturated heterocycles. The minimum Gasteiger partial charge on any atom is -0.480 e. The first-order chi connectivity index (χ1) is 47.9. The van der Waals surface area contributed by atoms with Crippen molar-refractivity contribution in [2.24, 2.45) is 35.5 Å². The molecule has 6 aliphatic carbocycles. The van der Waals surface area contributed by atoms with Crippen molar-refractivity contribution in [3.63, 3.8) is 0 Å².